The predicted molar refractivity (Wildman–Crippen MR) is 137 cm³/mol. The van der Waals surface area contributed by atoms with Crippen LogP contribution in [0.15, 0.2) is 53.7 Å². The summed E-state index contributed by atoms with van der Waals surface area (Å²) in [5.41, 5.74) is 2.53. The fourth-order valence-corrected chi connectivity index (χ4v) is 3.46. The number of aliphatic imine (C=N–C) groups is 1. The van der Waals surface area contributed by atoms with Gasteiger partial charge in [-0.1, -0.05) is 36.4 Å². The normalized spacial score (nSPS) is 16.0. The number of likely N-dealkylation sites (N-methyl/N-ethyl adjacent to an activating group) is 1. The van der Waals surface area contributed by atoms with Crippen molar-refractivity contribution in [3.63, 3.8) is 0 Å². The second-order valence-corrected chi connectivity index (χ2v) is 7.81. The quantitative estimate of drug-likeness (QED) is 0.333. The summed E-state index contributed by atoms with van der Waals surface area (Å²) < 4.78 is 0. The number of benzene rings is 1. The van der Waals surface area contributed by atoms with Crippen LogP contribution in [-0.2, 0) is 13.0 Å². The number of hydrogen-bond donors (Lipinski definition) is 2. The third-order valence-electron chi connectivity index (χ3n) is 5.41. The molecule has 0 saturated carbocycles. The van der Waals surface area contributed by atoms with Crippen LogP contribution in [0.2, 0.25) is 0 Å². The van der Waals surface area contributed by atoms with E-state index in [0.717, 1.165) is 56.4 Å². The Morgan fingerprint density at radius 3 is 2.43 bits per heavy atom. The smallest absolute Gasteiger partial charge is 0.191 e. The van der Waals surface area contributed by atoms with E-state index in [1.807, 2.05) is 13.2 Å². The second kappa shape index (κ2) is 12.7. The van der Waals surface area contributed by atoms with Crippen molar-refractivity contribution in [1.29, 1.82) is 0 Å². The molecule has 2 N–H and O–H groups in total. The summed E-state index contributed by atoms with van der Waals surface area (Å²) in [5, 5.41) is 6.88. The largest absolute Gasteiger partial charge is 0.354 e. The zero-order chi connectivity index (χ0) is 20.5. The fourth-order valence-electron chi connectivity index (χ4n) is 3.46. The molecule has 0 aliphatic carbocycles. The number of hydrogen-bond acceptors (Lipinski definition) is 4. The molecule has 3 rings (SSSR count). The van der Waals surface area contributed by atoms with Gasteiger partial charge < -0.3 is 20.4 Å². The van der Waals surface area contributed by atoms with Gasteiger partial charge in [-0.15, -0.1) is 24.0 Å². The van der Waals surface area contributed by atoms with Crippen LogP contribution in [0.5, 0.6) is 0 Å². The Balaban J connectivity index is 0.00000320. The molecule has 0 bridgehead atoms. The summed E-state index contributed by atoms with van der Waals surface area (Å²) in [6, 6.07) is 15.2. The van der Waals surface area contributed by atoms with Crippen LogP contribution in [0.1, 0.15) is 24.5 Å². The highest BCUT2D eigenvalue weighted by Gasteiger charge is 2.15. The third kappa shape index (κ3) is 7.75. The first-order valence-corrected chi connectivity index (χ1v) is 10.5. The Hall–Kier alpha value is -1.87. The molecular formula is C23H35IN6. The van der Waals surface area contributed by atoms with Crippen LogP contribution >= 0.6 is 24.0 Å². The van der Waals surface area contributed by atoms with E-state index in [1.165, 1.54) is 5.56 Å². The van der Waals surface area contributed by atoms with Crippen molar-refractivity contribution >= 4 is 35.8 Å². The summed E-state index contributed by atoms with van der Waals surface area (Å²) >= 11 is 0. The molecule has 1 unspecified atom stereocenters. The molecule has 30 heavy (non-hydrogen) atoms. The molecule has 1 aliphatic rings. The van der Waals surface area contributed by atoms with Crippen molar-refractivity contribution in [2.24, 2.45) is 4.99 Å². The molecule has 1 fully saturated rings. The lowest BCUT2D eigenvalue weighted by molar-refractivity contribution is 0.312. The van der Waals surface area contributed by atoms with Crippen molar-refractivity contribution in [3.8, 4) is 0 Å². The van der Waals surface area contributed by atoms with Crippen LogP contribution in [0, 0.1) is 0 Å². The van der Waals surface area contributed by atoms with Crippen molar-refractivity contribution in [2.75, 3.05) is 45.2 Å². The highest BCUT2D eigenvalue weighted by molar-refractivity contribution is 14.0. The first kappa shape index (κ1) is 24.4. The summed E-state index contributed by atoms with van der Waals surface area (Å²) in [6.45, 7) is 7.17. The van der Waals surface area contributed by atoms with Crippen molar-refractivity contribution in [1.82, 2.24) is 20.5 Å². The number of aromatic nitrogens is 1. The predicted octanol–water partition coefficient (Wildman–Crippen LogP) is 3.14. The molecule has 2 heterocycles. The fraction of sp³-hybridized carbons (Fsp3) is 0.478. The molecule has 2 aromatic rings. The minimum atomic E-state index is 0. The van der Waals surface area contributed by atoms with Gasteiger partial charge in [0.2, 0.25) is 0 Å². The topological polar surface area (TPSA) is 55.8 Å². The van der Waals surface area contributed by atoms with Crippen LogP contribution < -0.4 is 15.5 Å². The van der Waals surface area contributed by atoms with Gasteiger partial charge in [0.1, 0.15) is 5.82 Å². The molecule has 1 atom stereocenters. The minimum Gasteiger partial charge on any atom is -0.354 e. The molecule has 1 saturated heterocycles. The van der Waals surface area contributed by atoms with E-state index in [2.05, 4.69) is 86.8 Å². The van der Waals surface area contributed by atoms with Gasteiger partial charge in [-0.2, -0.15) is 0 Å². The van der Waals surface area contributed by atoms with E-state index in [-0.39, 0.29) is 24.0 Å². The number of anilines is 1. The molecule has 7 heteroatoms. The highest BCUT2D eigenvalue weighted by atomic mass is 127. The lowest BCUT2D eigenvalue weighted by Gasteiger charge is -2.33. The number of piperazine rings is 1. The molecule has 0 amide bonds. The Kier molecular flexibility index (Phi) is 10.4. The van der Waals surface area contributed by atoms with E-state index in [9.17, 15) is 0 Å². The second-order valence-electron chi connectivity index (χ2n) is 7.81. The Morgan fingerprint density at radius 2 is 1.80 bits per heavy atom. The summed E-state index contributed by atoms with van der Waals surface area (Å²) in [5.74, 6) is 1.90. The van der Waals surface area contributed by atoms with Gasteiger partial charge in [0.05, 0.1) is 0 Å². The van der Waals surface area contributed by atoms with E-state index >= 15 is 0 Å². The van der Waals surface area contributed by atoms with Crippen LogP contribution in [-0.4, -0.2) is 62.2 Å². The molecule has 1 aromatic heterocycles. The van der Waals surface area contributed by atoms with E-state index in [1.54, 1.807) is 0 Å². The molecule has 1 aliphatic heterocycles. The number of nitrogens with one attached hydrogen (secondary N) is 2. The number of aryl methyl sites for hydroxylation is 1. The Morgan fingerprint density at radius 1 is 1.07 bits per heavy atom. The van der Waals surface area contributed by atoms with Gasteiger partial charge >= 0.3 is 0 Å². The van der Waals surface area contributed by atoms with Gasteiger partial charge in [-0.25, -0.2) is 4.98 Å². The lowest BCUT2D eigenvalue weighted by atomic mass is 10.1. The number of halogens is 1. The number of pyridine rings is 1. The lowest BCUT2D eigenvalue weighted by Crippen LogP contribution is -2.44. The van der Waals surface area contributed by atoms with Gasteiger partial charge in [0.25, 0.3) is 0 Å². The van der Waals surface area contributed by atoms with Gasteiger partial charge in [-0.05, 0) is 44.0 Å². The first-order valence-electron chi connectivity index (χ1n) is 10.5. The monoisotopic (exact) mass is 522 g/mol. The van der Waals surface area contributed by atoms with Gasteiger partial charge in [0.15, 0.2) is 5.96 Å². The standard InChI is InChI=1S/C23H34N6.HI/c1-19(9-10-20-7-5-4-6-8-20)27-23(24-2)26-18-21-11-12-22(25-17-21)29-15-13-28(3)14-16-29;/h4-8,11-12,17,19H,9-10,13-16,18H2,1-3H3,(H2,24,26,27);1H. The average molecular weight is 522 g/mol. The molecule has 6 nitrogen and oxygen atoms in total. The van der Waals surface area contributed by atoms with Crippen molar-refractivity contribution in [2.45, 2.75) is 32.4 Å². The Labute approximate surface area is 198 Å². The molecular weight excluding hydrogens is 487 g/mol. The number of nitrogens with zero attached hydrogens (tertiary/aromatic N) is 4. The maximum Gasteiger partial charge on any atom is 0.191 e. The summed E-state index contributed by atoms with van der Waals surface area (Å²) in [6.07, 6.45) is 4.09. The number of guanidine groups is 1. The summed E-state index contributed by atoms with van der Waals surface area (Å²) in [7, 11) is 3.98. The van der Waals surface area contributed by atoms with Crippen LogP contribution in [0.25, 0.3) is 0 Å². The maximum absolute atomic E-state index is 4.66. The SMILES string of the molecule is CN=C(NCc1ccc(N2CCN(C)CC2)nc1)NC(C)CCc1ccccc1.I. The van der Waals surface area contributed by atoms with Crippen molar-refractivity contribution < 1.29 is 0 Å². The maximum atomic E-state index is 4.66. The third-order valence-corrected chi connectivity index (χ3v) is 5.41. The van der Waals surface area contributed by atoms with Crippen LogP contribution in [0.4, 0.5) is 5.82 Å². The minimum absolute atomic E-state index is 0. The highest BCUT2D eigenvalue weighted by Crippen LogP contribution is 2.13. The first-order chi connectivity index (χ1) is 14.1. The Bertz CT molecular complexity index is 757. The average Bonchev–Trinajstić information content (AvgIpc) is 2.77. The van der Waals surface area contributed by atoms with E-state index in [4.69, 9.17) is 0 Å². The zero-order valence-corrected chi connectivity index (χ0v) is 20.7. The van der Waals surface area contributed by atoms with Gasteiger partial charge in [-0.3, -0.25) is 4.99 Å². The zero-order valence-electron chi connectivity index (χ0n) is 18.3. The molecule has 1 aromatic carbocycles. The molecule has 0 radical (unpaired) electrons. The molecule has 0 spiro atoms. The molecule has 164 valence electrons. The van der Waals surface area contributed by atoms with Crippen LogP contribution in [0.3, 0.4) is 0 Å². The van der Waals surface area contributed by atoms with E-state index in [0.29, 0.717) is 12.6 Å². The van der Waals surface area contributed by atoms with E-state index < -0.39 is 0 Å². The number of rotatable bonds is 7. The summed E-state index contributed by atoms with van der Waals surface area (Å²) in [4.78, 5) is 13.7. The van der Waals surface area contributed by atoms with Crippen molar-refractivity contribution in [3.05, 3.63) is 59.8 Å². The van der Waals surface area contributed by atoms with Gasteiger partial charge in [0, 0.05) is 52.0 Å².